The minimum atomic E-state index is 0.622. The van der Waals surface area contributed by atoms with E-state index < -0.39 is 0 Å². The summed E-state index contributed by atoms with van der Waals surface area (Å²) in [6.07, 6.45) is 0. The molecule has 0 amide bonds. The lowest BCUT2D eigenvalue weighted by molar-refractivity contribution is 0.400. The fourth-order valence-corrected chi connectivity index (χ4v) is 1.12. The molecule has 0 radical (unpaired) electrons. The molecule has 0 aliphatic rings. The van der Waals surface area contributed by atoms with Gasteiger partial charge in [0.1, 0.15) is 0 Å². The number of methoxy groups -OCH3 is 1. The quantitative estimate of drug-likeness (QED) is 0.517. The number of aliphatic imine (C=N–C) groups is 1. The van der Waals surface area contributed by atoms with Crippen LogP contribution >= 0.6 is 0 Å². The van der Waals surface area contributed by atoms with E-state index in [1.165, 1.54) is 5.56 Å². The van der Waals surface area contributed by atoms with Crippen LogP contribution in [-0.4, -0.2) is 13.0 Å². The molecule has 0 unspecified atom stereocenters. The molecule has 0 N–H and O–H groups in total. The van der Waals surface area contributed by atoms with Crippen molar-refractivity contribution in [2.75, 3.05) is 7.11 Å². The Morgan fingerprint density at radius 3 is 2.71 bits per heavy atom. The summed E-state index contributed by atoms with van der Waals surface area (Å²) < 4.78 is 4.96. The summed E-state index contributed by atoms with van der Waals surface area (Å²) in [7, 11) is 1.60. The molecule has 0 saturated heterocycles. The lowest BCUT2D eigenvalue weighted by Crippen LogP contribution is -1.94. The maximum Gasteiger partial charge on any atom is 0.184 e. The third-order valence-corrected chi connectivity index (χ3v) is 1.94. The zero-order chi connectivity index (χ0) is 10.6. The van der Waals surface area contributed by atoms with E-state index in [1.807, 2.05) is 25.1 Å². The Balaban J connectivity index is 2.90. The van der Waals surface area contributed by atoms with Crippen LogP contribution in [0.2, 0.25) is 0 Å². The average molecular weight is 189 g/mol. The number of ether oxygens (including phenoxy) is 1. The maximum absolute atomic E-state index is 4.96. The maximum atomic E-state index is 4.96. The van der Waals surface area contributed by atoms with Crippen molar-refractivity contribution in [2.45, 2.75) is 13.8 Å². The van der Waals surface area contributed by atoms with Gasteiger partial charge in [-0.25, -0.2) is 4.99 Å². The molecular weight excluding hydrogens is 174 g/mol. The molecule has 0 aliphatic heterocycles. The van der Waals surface area contributed by atoms with Gasteiger partial charge in [0.25, 0.3) is 0 Å². The molecule has 2 heteroatoms. The van der Waals surface area contributed by atoms with Crippen molar-refractivity contribution in [3.8, 4) is 0 Å². The highest BCUT2D eigenvalue weighted by molar-refractivity contribution is 5.81. The van der Waals surface area contributed by atoms with E-state index in [4.69, 9.17) is 4.74 Å². The van der Waals surface area contributed by atoms with Crippen LogP contribution in [0.5, 0.6) is 0 Å². The van der Waals surface area contributed by atoms with Gasteiger partial charge in [0.05, 0.1) is 12.8 Å². The Kier molecular flexibility index (Phi) is 3.46. The topological polar surface area (TPSA) is 21.6 Å². The van der Waals surface area contributed by atoms with E-state index in [2.05, 4.69) is 17.6 Å². The first-order valence-corrected chi connectivity index (χ1v) is 4.48. The normalized spacial score (nSPS) is 11.2. The van der Waals surface area contributed by atoms with Crippen LogP contribution in [-0.2, 0) is 4.74 Å². The van der Waals surface area contributed by atoms with E-state index in [-0.39, 0.29) is 0 Å². The van der Waals surface area contributed by atoms with E-state index in [9.17, 15) is 0 Å². The first kappa shape index (κ1) is 10.5. The zero-order valence-corrected chi connectivity index (χ0v) is 8.87. The molecule has 14 heavy (non-hydrogen) atoms. The first-order valence-electron chi connectivity index (χ1n) is 4.48. The van der Waals surface area contributed by atoms with Gasteiger partial charge in [-0.15, -0.1) is 0 Å². The highest BCUT2D eigenvalue weighted by Gasteiger charge is 1.97. The number of benzene rings is 1. The van der Waals surface area contributed by atoms with Gasteiger partial charge in [0.2, 0.25) is 0 Å². The molecular formula is C12H15NO. The standard InChI is InChI=1S/C12H15NO/c1-9-6-5-7-12(8-9)10(2)13-11(3)14-4/h5-8H,2H2,1,3-4H3. The van der Waals surface area contributed by atoms with Crippen LogP contribution < -0.4 is 0 Å². The molecule has 1 rings (SSSR count). The average Bonchev–Trinajstić information content (AvgIpc) is 2.17. The van der Waals surface area contributed by atoms with Gasteiger partial charge in [-0.2, -0.15) is 0 Å². The zero-order valence-electron chi connectivity index (χ0n) is 8.87. The molecule has 0 aliphatic carbocycles. The van der Waals surface area contributed by atoms with E-state index >= 15 is 0 Å². The molecule has 0 heterocycles. The molecule has 1 aromatic rings. The van der Waals surface area contributed by atoms with Crippen LogP contribution in [0.1, 0.15) is 18.1 Å². The molecule has 74 valence electrons. The lowest BCUT2D eigenvalue weighted by atomic mass is 10.1. The Hall–Kier alpha value is -1.57. The third kappa shape index (κ3) is 2.73. The minimum absolute atomic E-state index is 0.622. The second-order valence-electron chi connectivity index (χ2n) is 3.15. The number of nitrogens with zero attached hydrogens (tertiary/aromatic N) is 1. The van der Waals surface area contributed by atoms with Crippen molar-refractivity contribution in [3.63, 3.8) is 0 Å². The molecule has 0 saturated carbocycles. The van der Waals surface area contributed by atoms with Crippen molar-refractivity contribution in [1.29, 1.82) is 0 Å². The number of hydrogen-bond acceptors (Lipinski definition) is 2. The van der Waals surface area contributed by atoms with E-state index in [0.29, 0.717) is 5.90 Å². The van der Waals surface area contributed by atoms with Crippen LogP contribution in [0.25, 0.3) is 5.70 Å². The van der Waals surface area contributed by atoms with Gasteiger partial charge in [0, 0.05) is 6.92 Å². The molecule has 0 bridgehead atoms. The second kappa shape index (κ2) is 4.61. The fourth-order valence-electron chi connectivity index (χ4n) is 1.12. The number of aryl methyl sites for hydroxylation is 1. The van der Waals surface area contributed by atoms with Crippen LogP contribution in [0.4, 0.5) is 0 Å². The molecule has 0 aromatic heterocycles. The smallest absolute Gasteiger partial charge is 0.184 e. The first-order chi connectivity index (χ1) is 6.63. The van der Waals surface area contributed by atoms with Gasteiger partial charge in [-0.1, -0.05) is 30.3 Å². The summed E-state index contributed by atoms with van der Waals surface area (Å²) in [5, 5.41) is 0. The molecule has 2 nitrogen and oxygen atoms in total. The summed E-state index contributed by atoms with van der Waals surface area (Å²) in [5.74, 6) is 0.622. The molecule has 1 aromatic carbocycles. The largest absolute Gasteiger partial charge is 0.484 e. The molecule has 0 atom stereocenters. The van der Waals surface area contributed by atoms with Gasteiger partial charge in [-0.05, 0) is 18.6 Å². The minimum Gasteiger partial charge on any atom is -0.484 e. The predicted octanol–water partition coefficient (Wildman–Crippen LogP) is 3.03. The van der Waals surface area contributed by atoms with Gasteiger partial charge in [-0.3, -0.25) is 0 Å². The Morgan fingerprint density at radius 2 is 2.14 bits per heavy atom. The third-order valence-electron chi connectivity index (χ3n) is 1.94. The van der Waals surface area contributed by atoms with Gasteiger partial charge < -0.3 is 4.74 Å². The highest BCUT2D eigenvalue weighted by Crippen LogP contribution is 2.15. The fraction of sp³-hybridized carbons (Fsp3) is 0.250. The second-order valence-corrected chi connectivity index (χ2v) is 3.15. The van der Waals surface area contributed by atoms with E-state index in [0.717, 1.165) is 11.3 Å². The summed E-state index contributed by atoms with van der Waals surface area (Å²) in [6, 6.07) is 8.08. The Morgan fingerprint density at radius 1 is 1.43 bits per heavy atom. The predicted molar refractivity (Wildman–Crippen MR) is 60.3 cm³/mol. The van der Waals surface area contributed by atoms with Crippen LogP contribution in [0.15, 0.2) is 35.8 Å². The van der Waals surface area contributed by atoms with Gasteiger partial charge in [0.15, 0.2) is 5.90 Å². The summed E-state index contributed by atoms with van der Waals surface area (Å²) in [4.78, 5) is 4.21. The summed E-state index contributed by atoms with van der Waals surface area (Å²) >= 11 is 0. The highest BCUT2D eigenvalue weighted by atomic mass is 16.5. The van der Waals surface area contributed by atoms with Crippen molar-refractivity contribution in [2.24, 2.45) is 4.99 Å². The Labute approximate surface area is 84.9 Å². The SMILES string of the molecule is C=C(N=C(C)OC)c1cccc(C)c1. The lowest BCUT2D eigenvalue weighted by Gasteiger charge is -2.03. The summed E-state index contributed by atoms with van der Waals surface area (Å²) in [5.41, 5.74) is 2.96. The van der Waals surface area contributed by atoms with E-state index in [1.54, 1.807) is 14.0 Å². The van der Waals surface area contributed by atoms with Crippen molar-refractivity contribution >= 4 is 11.6 Å². The van der Waals surface area contributed by atoms with Crippen LogP contribution in [0, 0.1) is 6.92 Å². The number of hydrogen-bond donors (Lipinski definition) is 0. The Bertz CT molecular complexity index is 366. The molecule has 0 spiro atoms. The van der Waals surface area contributed by atoms with Crippen LogP contribution in [0.3, 0.4) is 0 Å². The monoisotopic (exact) mass is 189 g/mol. The van der Waals surface area contributed by atoms with Crippen molar-refractivity contribution in [3.05, 3.63) is 42.0 Å². The molecule has 0 fully saturated rings. The number of rotatable bonds is 2. The van der Waals surface area contributed by atoms with Crippen molar-refractivity contribution < 1.29 is 4.74 Å². The van der Waals surface area contributed by atoms with Crippen molar-refractivity contribution in [1.82, 2.24) is 0 Å². The summed E-state index contributed by atoms with van der Waals surface area (Å²) in [6.45, 7) is 7.74. The van der Waals surface area contributed by atoms with Gasteiger partial charge >= 0.3 is 0 Å².